The fourth-order valence-electron chi connectivity index (χ4n) is 6.16. The van der Waals surface area contributed by atoms with Crippen LogP contribution in [0.3, 0.4) is 0 Å². The number of aryl methyl sites for hydroxylation is 2. The monoisotopic (exact) mass is 598 g/mol. The number of rotatable bonds is 18. The van der Waals surface area contributed by atoms with Crippen molar-refractivity contribution in [2.24, 2.45) is 9.98 Å². The van der Waals surface area contributed by atoms with Gasteiger partial charge in [0.2, 0.25) is 0 Å². The van der Waals surface area contributed by atoms with Gasteiger partial charge in [-0.2, -0.15) is 0 Å². The van der Waals surface area contributed by atoms with Gasteiger partial charge in [-0.05, 0) is 109 Å². The van der Waals surface area contributed by atoms with Crippen LogP contribution in [0, 0.1) is 0 Å². The van der Waals surface area contributed by atoms with Gasteiger partial charge in [0.15, 0.2) is 0 Å². The summed E-state index contributed by atoms with van der Waals surface area (Å²) >= 11 is 0. The van der Waals surface area contributed by atoms with Gasteiger partial charge in [0, 0.05) is 6.21 Å². The topological polar surface area (TPSA) is 24.7 Å². The molecule has 2 nitrogen and oxygen atoms in total. The minimum Gasteiger partial charge on any atom is -0.255 e. The molecular weight excluding hydrogens is 544 g/mol. The third-order valence-electron chi connectivity index (χ3n) is 8.67. The second-order valence-electron chi connectivity index (χ2n) is 12.4. The van der Waals surface area contributed by atoms with E-state index in [-0.39, 0.29) is 0 Å². The molecule has 0 N–H and O–H groups in total. The van der Waals surface area contributed by atoms with Crippen LogP contribution in [-0.4, -0.2) is 11.9 Å². The molecule has 0 spiro atoms. The van der Waals surface area contributed by atoms with E-state index in [1.54, 1.807) is 0 Å². The van der Waals surface area contributed by atoms with Crippen molar-refractivity contribution in [1.29, 1.82) is 0 Å². The summed E-state index contributed by atoms with van der Waals surface area (Å²) in [5, 5.41) is 0. The third-order valence-corrected chi connectivity index (χ3v) is 8.67. The fraction of sp³-hybridized carbons (Fsp3) is 0.395. The minimum atomic E-state index is 0.915. The van der Waals surface area contributed by atoms with Crippen molar-refractivity contribution in [2.45, 2.75) is 111 Å². The van der Waals surface area contributed by atoms with E-state index in [1.165, 1.54) is 103 Å². The van der Waals surface area contributed by atoms with Crippen LogP contribution in [0.5, 0.6) is 0 Å². The first kappa shape index (κ1) is 34.1. The lowest BCUT2D eigenvalue weighted by molar-refractivity contribution is 0.606. The molecule has 4 aromatic rings. The van der Waals surface area contributed by atoms with E-state index in [9.17, 15) is 0 Å². The van der Waals surface area contributed by atoms with Crippen molar-refractivity contribution >= 4 is 23.3 Å². The molecule has 45 heavy (non-hydrogen) atoms. The maximum Gasteiger partial charge on any atom is 0.0639 e. The molecule has 0 aromatic heterocycles. The Bertz CT molecular complexity index is 1500. The van der Waals surface area contributed by atoms with Gasteiger partial charge >= 0.3 is 0 Å². The summed E-state index contributed by atoms with van der Waals surface area (Å²) in [6, 6.07) is 32.9. The molecule has 2 heteroatoms. The summed E-state index contributed by atoms with van der Waals surface area (Å²) in [6.07, 6.45) is 17.9. The summed E-state index contributed by atoms with van der Waals surface area (Å²) in [6.45, 7) is 8.89. The number of unbranched alkanes of at least 4 members (excludes halogenated alkanes) is 7. The van der Waals surface area contributed by atoms with E-state index < -0.39 is 0 Å². The molecule has 0 heterocycles. The van der Waals surface area contributed by atoms with Gasteiger partial charge in [-0.15, -0.1) is 0 Å². The predicted molar refractivity (Wildman–Crippen MR) is 199 cm³/mol. The van der Waals surface area contributed by atoms with E-state index in [0.29, 0.717) is 0 Å². The number of hydrogen-bond acceptors (Lipinski definition) is 2. The molecule has 4 aromatic carbocycles. The predicted octanol–water partition coefficient (Wildman–Crippen LogP) is 13.1. The summed E-state index contributed by atoms with van der Waals surface area (Å²) in [4.78, 5) is 10.0. The Morgan fingerprint density at radius 3 is 1.80 bits per heavy atom. The summed E-state index contributed by atoms with van der Waals surface area (Å²) < 4.78 is 0. The normalized spacial score (nSPS) is 11.9. The Morgan fingerprint density at radius 2 is 1.11 bits per heavy atom. The van der Waals surface area contributed by atoms with E-state index in [0.717, 1.165) is 36.3 Å². The van der Waals surface area contributed by atoms with E-state index in [4.69, 9.17) is 9.98 Å². The van der Waals surface area contributed by atoms with E-state index in [2.05, 4.69) is 119 Å². The molecule has 0 aliphatic carbocycles. The zero-order chi connectivity index (χ0) is 31.7. The van der Waals surface area contributed by atoms with Crippen LogP contribution in [0.25, 0.3) is 22.3 Å². The summed E-state index contributed by atoms with van der Waals surface area (Å²) in [5.41, 5.74) is 12.5. The van der Waals surface area contributed by atoms with Crippen LogP contribution < -0.4 is 0 Å². The lowest BCUT2D eigenvalue weighted by Gasteiger charge is -2.17. The van der Waals surface area contributed by atoms with Crippen LogP contribution in [0.1, 0.15) is 109 Å². The number of benzene rings is 4. The molecule has 0 atom stereocenters. The molecule has 0 amide bonds. The number of aliphatic imine (C=N–C) groups is 2. The lowest BCUT2D eigenvalue weighted by Crippen LogP contribution is -2.00. The van der Waals surface area contributed by atoms with Crippen LogP contribution in [0.2, 0.25) is 0 Å². The Balaban J connectivity index is 1.63. The van der Waals surface area contributed by atoms with Gasteiger partial charge < -0.3 is 0 Å². The molecule has 0 aliphatic rings. The molecule has 0 fully saturated rings. The average Bonchev–Trinajstić information content (AvgIpc) is 3.08. The second kappa shape index (κ2) is 18.9. The Labute approximate surface area is 273 Å². The molecule has 0 radical (unpaired) electrons. The minimum absolute atomic E-state index is 0.915. The Morgan fingerprint density at radius 1 is 0.533 bits per heavy atom. The van der Waals surface area contributed by atoms with Crippen LogP contribution >= 0.6 is 0 Å². The zero-order valence-corrected chi connectivity index (χ0v) is 28.3. The standard InChI is InChI=1S/C43H54N2/c1-5-8-11-12-13-16-26-38-31-40(32-43(42(38)27-10-7-3)36-24-19-15-20-25-36)44-33-34(4)45-39-28-29-41(35-22-17-14-18-23-35)37(30-39)21-9-6-2/h14-15,17-20,22-25,28-33H,5-13,16,21,26-27H2,1-4H3. The second-order valence-corrected chi connectivity index (χ2v) is 12.4. The van der Waals surface area contributed by atoms with E-state index >= 15 is 0 Å². The highest BCUT2D eigenvalue weighted by atomic mass is 14.8. The highest BCUT2D eigenvalue weighted by molar-refractivity contribution is 6.30. The third kappa shape index (κ3) is 10.7. The van der Waals surface area contributed by atoms with Crippen molar-refractivity contribution in [1.82, 2.24) is 0 Å². The maximum atomic E-state index is 5.02. The van der Waals surface area contributed by atoms with Crippen molar-refractivity contribution in [3.8, 4) is 22.3 Å². The average molecular weight is 599 g/mol. The van der Waals surface area contributed by atoms with Gasteiger partial charge in [0.25, 0.3) is 0 Å². The van der Waals surface area contributed by atoms with Gasteiger partial charge in [-0.1, -0.05) is 132 Å². The van der Waals surface area contributed by atoms with E-state index in [1.807, 2.05) is 6.21 Å². The van der Waals surface area contributed by atoms with Gasteiger partial charge in [0.05, 0.1) is 17.1 Å². The van der Waals surface area contributed by atoms with Gasteiger partial charge in [0.1, 0.15) is 0 Å². The highest BCUT2D eigenvalue weighted by Crippen LogP contribution is 2.34. The molecule has 4 rings (SSSR count). The molecule has 0 saturated heterocycles. The Kier molecular flexibility index (Phi) is 14.3. The quantitative estimate of drug-likeness (QED) is 0.0804. The molecule has 0 bridgehead atoms. The molecule has 0 saturated carbocycles. The zero-order valence-electron chi connectivity index (χ0n) is 28.3. The lowest BCUT2D eigenvalue weighted by atomic mass is 9.89. The van der Waals surface area contributed by atoms with Gasteiger partial charge in [-0.3, -0.25) is 9.98 Å². The first-order valence-electron chi connectivity index (χ1n) is 17.6. The molecule has 0 aliphatic heterocycles. The van der Waals surface area contributed by atoms with Crippen LogP contribution in [-0.2, 0) is 19.3 Å². The molecular formula is C43H54N2. The molecule has 0 unspecified atom stereocenters. The largest absolute Gasteiger partial charge is 0.255 e. The molecule has 236 valence electrons. The summed E-state index contributed by atoms with van der Waals surface area (Å²) in [5.74, 6) is 0. The van der Waals surface area contributed by atoms with Crippen molar-refractivity contribution in [2.75, 3.05) is 0 Å². The number of nitrogens with zero attached hydrogens (tertiary/aromatic N) is 2. The fourth-order valence-corrected chi connectivity index (χ4v) is 6.16. The van der Waals surface area contributed by atoms with Crippen LogP contribution in [0.4, 0.5) is 11.4 Å². The van der Waals surface area contributed by atoms with Crippen molar-refractivity contribution in [3.63, 3.8) is 0 Å². The Hall–Kier alpha value is -3.78. The summed E-state index contributed by atoms with van der Waals surface area (Å²) in [7, 11) is 0. The van der Waals surface area contributed by atoms with Crippen molar-refractivity contribution in [3.05, 3.63) is 108 Å². The van der Waals surface area contributed by atoms with Gasteiger partial charge in [-0.25, -0.2) is 0 Å². The maximum absolute atomic E-state index is 5.02. The highest BCUT2D eigenvalue weighted by Gasteiger charge is 2.13. The SMILES string of the molecule is CCCCCCCCc1cc(N=CC(C)=Nc2ccc(-c3ccccc3)c(CCCC)c2)cc(-c2ccccc2)c1CCCC. The first-order chi connectivity index (χ1) is 22.1. The van der Waals surface area contributed by atoms with Crippen molar-refractivity contribution < 1.29 is 0 Å². The first-order valence-corrected chi connectivity index (χ1v) is 17.6. The smallest absolute Gasteiger partial charge is 0.0639 e. The number of hydrogen-bond donors (Lipinski definition) is 0. The van der Waals surface area contributed by atoms with Crippen LogP contribution in [0.15, 0.2) is 101 Å².